The molecule has 1 aromatic carbocycles. The van der Waals surface area contributed by atoms with Crippen LogP contribution in [-0.2, 0) is 13.6 Å². The van der Waals surface area contributed by atoms with Gasteiger partial charge in [0.2, 0.25) is 0 Å². The fraction of sp³-hybridized carbons (Fsp3) is 0.250. The first-order chi connectivity index (χ1) is 10.6. The molecule has 0 fully saturated rings. The average molecular weight is 295 g/mol. The molecule has 0 radical (unpaired) electrons. The summed E-state index contributed by atoms with van der Waals surface area (Å²) in [5.41, 5.74) is 2.18. The van der Waals surface area contributed by atoms with Gasteiger partial charge in [-0.3, -0.25) is 9.78 Å². The lowest BCUT2D eigenvalue weighted by Gasteiger charge is -2.08. The summed E-state index contributed by atoms with van der Waals surface area (Å²) in [7, 11) is 1.87. The van der Waals surface area contributed by atoms with Crippen LogP contribution in [0.15, 0.2) is 30.3 Å². The van der Waals surface area contributed by atoms with Crippen molar-refractivity contribution >= 4 is 16.8 Å². The molecule has 0 saturated carbocycles. The average Bonchev–Trinajstić information content (AvgIpc) is 2.83. The number of hydrogen-bond donors (Lipinski definition) is 1. The van der Waals surface area contributed by atoms with Gasteiger partial charge in [0.25, 0.3) is 5.91 Å². The van der Waals surface area contributed by atoms with Crippen LogP contribution >= 0.6 is 0 Å². The number of nitrogens with zero attached hydrogens (tertiary/aromatic N) is 4. The van der Waals surface area contributed by atoms with E-state index >= 15 is 0 Å². The van der Waals surface area contributed by atoms with Crippen LogP contribution in [-0.4, -0.2) is 25.7 Å². The fourth-order valence-corrected chi connectivity index (χ4v) is 2.30. The molecule has 0 aliphatic carbocycles. The Kier molecular flexibility index (Phi) is 3.58. The topological polar surface area (TPSA) is 72.7 Å². The van der Waals surface area contributed by atoms with Gasteiger partial charge >= 0.3 is 0 Å². The van der Waals surface area contributed by atoms with E-state index in [0.717, 1.165) is 22.6 Å². The lowest BCUT2D eigenvalue weighted by molar-refractivity contribution is 0.0948. The number of fused-ring (bicyclic) bond motifs is 1. The molecule has 1 N–H and O–H groups in total. The molecule has 0 saturated heterocycles. The molecular formula is C16H17N5O. The van der Waals surface area contributed by atoms with Crippen molar-refractivity contribution in [2.75, 3.05) is 0 Å². The van der Waals surface area contributed by atoms with Gasteiger partial charge in [0.15, 0.2) is 5.82 Å². The molecule has 2 aromatic heterocycles. The SMILES string of the molecule is Cc1nc2ccccc2cc1C(=O)NCc1nnc(C)n1C. The Hall–Kier alpha value is -2.76. The maximum atomic E-state index is 12.4. The Bertz CT molecular complexity index is 853. The summed E-state index contributed by atoms with van der Waals surface area (Å²) in [4.78, 5) is 16.9. The van der Waals surface area contributed by atoms with E-state index in [1.165, 1.54) is 0 Å². The molecule has 0 aliphatic heterocycles. The van der Waals surface area contributed by atoms with E-state index < -0.39 is 0 Å². The number of aromatic nitrogens is 4. The van der Waals surface area contributed by atoms with Gasteiger partial charge in [-0.15, -0.1) is 10.2 Å². The van der Waals surface area contributed by atoms with Gasteiger partial charge in [-0.2, -0.15) is 0 Å². The smallest absolute Gasteiger partial charge is 0.253 e. The second-order valence-electron chi connectivity index (χ2n) is 5.22. The standard InChI is InChI=1S/C16H17N5O/c1-10-13(8-12-6-4-5-7-14(12)18-10)16(22)17-9-15-20-19-11(2)21(15)3/h4-8H,9H2,1-3H3,(H,17,22). The second-order valence-corrected chi connectivity index (χ2v) is 5.22. The zero-order valence-corrected chi connectivity index (χ0v) is 12.8. The van der Waals surface area contributed by atoms with Crippen molar-refractivity contribution < 1.29 is 4.79 Å². The van der Waals surface area contributed by atoms with Crippen molar-refractivity contribution in [2.24, 2.45) is 7.05 Å². The Morgan fingerprint density at radius 3 is 2.73 bits per heavy atom. The highest BCUT2D eigenvalue weighted by Gasteiger charge is 2.13. The van der Waals surface area contributed by atoms with Crippen molar-refractivity contribution in [1.82, 2.24) is 25.1 Å². The summed E-state index contributed by atoms with van der Waals surface area (Å²) in [5.74, 6) is 1.38. The lowest BCUT2D eigenvalue weighted by Crippen LogP contribution is -2.25. The Labute approximate surface area is 128 Å². The maximum absolute atomic E-state index is 12.4. The number of nitrogens with one attached hydrogen (secondary N) is 1. The van der Waals surface area contributed by atoms with E-state index in [0.29, 0.717) is 17.8 Å². The molecular weight excluding hydrogens is 278 g/mol. The van der Waals surface area contributed by atoms with Crippen LogP contribution in [0.5, 0.6) is 0 Å². The number of pyridine rings is 1. The van der Waals surface area contributed by atoms with E-state index in [2.05, 4.69) is 20.5 Å². The van der Waals surface area contributed by atoms with E-state index in [9.17, 15) is 4.79 Å². The molecule has 112 valence electrons. The van der Waals surface area contributed by atoms with Crippen LogP contribution < -0.4 is 5.32 Å². The van der Waals surface area contributed by atoms with E-state index in [-0.39, 0.29) is 5.91 Å². The minimum absolute atomic E-state index is 0.156. The second kappa shape index (κ2) is 5.55. The van der Waals surface area contributed by atoms with Gasteiger partial charge in [0.1, 0.15) is 5.82 Å². The molecule has 2 heterocycles. The quantitative estimate of drug-likeness (QED) is 0.801. The molecule has 1 amide bonds. The number of para-hydroxylation sites is 1. The number of benzene rings is 1. The van der Waals surface area contributed by atoms with E-state index in [4.69, 9.17) is 0 Å². The van der Waals surface area contributed by atoms with E-state index in [1.807, 2.05) is 55.8 Å². The first kappa shape index (κ1) is 14.2. The van der Waals surface area contributed by atoms with Crippen LogP contribution in [0.3, 0.4) is 0 Å². The molecule has 6 nitrogen and oxygen atoms in total. The highest BCUT2D eigenvalue weighted by atomic mass is 16.1. The van der Waals surface area contributed by atoms with Crippen LogP contribution in [0.25, 0.3) is 10.9 Å². The van der Waals surface area contributed by atoms with Crippen molar-refractivity contribution in [3.8, 4) is 0 Å². The van der Waals surface area contributed by atoms with Crippen molar-refractivity contribution in [3.63, 3.8) is 0 Å². The number of hydrogen-bond acceptors (Lipinski definition) is 4. The van der Waals surface area contributed by atoms with Crippen LogP contribution in [0.2, 0.25) is 0 Å². The summed E-state index contributed by atoms with van der Waals surface area (Å²) in [6.07, 6.45) is 0. The first-order valence-corrected chi connectivity index (χ1v) is 7.05. The third-order valence-corrected chi connectivity index (χ3v) is 3.75. The number of amides is 1. The molecule has 0 bridgehead atoms. The van der Waals surface area contributed by atoms with E-state index in [1.54, 1.807) is 0 Å². The largest absolute Gasteiger partial charge is 0.345 e. The highest BCUT2D eigenvalue weighted by molar-refractivity contribution is 5.98. The highest BCUT2D eigenvalue weighted by Crippen LogP contribution is 2.16. The molecule has 0 unspecified atom stereocenters. The van der Waals surface area contributed by atoms with Gasteiger partial charge in [-0.05, 0) is 26.0 Å². The fourth-order valence-electron chi connectivity index (χ4n) is 2.30. The van der Waals surface area contributed by atoms with Crippen molar-refractivity contribution in [1.29, 1.82) is 0 Å². The van der Waals surface area contributed by atoms with Gasteiger partial charge in [0.05, 0.1) is 23.3 Å². The Morgan fingerprint density at radius 1 is 1.23 bits per heavy atom. The van der Waals surface area contributed by atoms with Crippen molar-refractivity contribution in [3.05, 3.63) is 53.2 Å². The van der Waals surface area contributed by atoms with Crippen molar-refractivity contribution in [2.45, 2.75) is 20.4 Å². The van der Waals surface area contributed by atoms with Crippen LogP contribution in [0.1, 0.15) is 27.7 Å². The number of carbonyl (C=O) groups is 1. The minimum Gasteiger partial charge on any atom is -0.345 e. The number of aryl methyl sites for hydroxylation is 2. The molecule has 0 atom stereocenters. The predicted molar refractivity (Wildman–Crippen MR) is 83.4 cm³/mol. The summed E-state index contributed by atoms with van der Waals surface area (Å²) < 4.78 is 1.85. The molecule has 3 aromatic rings. The summed E-state index contributed by atoms with van der Waals surface area (Å²) >= 11 is 0. The monoisotopic (exact) mass is 295 g/mol. The van der Waals surface area contributed by atoms with Gasteiger partial charge < -0.3 is 9.88 Å². The zero-order chi connectivity index (χ0) is 15.7. The normalized spacial score (nSPS) is 10.9. The summed E-state index contributed by atoms with van der Waals surface area (Å²) in [6, 6.07) is 9.63. The first-order valence-electron chi connectivity index (χ1n) is 7.05. The number of rotatable bonds is 3. The molecule has 0 aliphatic rings. The summed E-state index contributed by atoms with van der Waals surface area (Å²) in [6.45, 7) is 4.05. The zero-order valence-electron chi connectivity index (χ0n) is 12.8. The maximum Gasteiger partial charge on any atom is 0.253 e. The lowest BCUT2D eigenvalue weighted by atomic mass is 10.1. The Morgan fingerprint density at radius 2 is 2.00 bits per heavy atom. The Balaban J connectivity index is 1.83. The molecule has 6 heteroatoms. The van der Waals surface area contributed by atoms with Gasteiger partial charge in [-0.25, -0.2) is 0 Å². The van der Waals surface area contributed by atoms with Gasteiger partial charge in [-0.1, -0.05) is 18.2 Å². The van der Waals surface area contributed by atoms with Crippen LogP contribution in [0, 0.1) is 13.8 Å². The van der Waals surface area contributed by atoms with Gasteiger partial charge in [0, 0.05) is 12.4 Å². The predicted octanol–water partition coefficient (Wildman–Crippen LogP) is 1.91. The molecule has 22 heavy (non-hydrogen) atoms. The number of carbonyl (C=O) groups excluding carboxylic acids is 1. The third kappa shape index (κ3) is 2.55. The minimum atomic E-state index is -0.156. The molecule has 3 rings (SSSR count). The third-order valence-electron chi connectivity index (χ3n) is 3.75. The summed E-state index contributed by atoms with van der Waals surface area (Å²) in [5, 5.41) is 11.8. The van der Waals surface area contributed by atoms with Crippen LogP contribution in [0.4, 0.5) is 0 Å². The molecule has 0 spiro atoms.